The first-order valence-corrected chi connectivity index (χ1v) is 8.28. The summed E-state index contributed by atoms with van der Waals surface area (Å²) in [6.07, 6.45) is 2.67. The van der Waals surface area contributed by atoms with E-state index in [9.17, 15) is 0 Å². The number of hydrogen-bond donors (Lipinski definition) is 0. The van der Waals surface area contributed by atoms with E-state index in [1.807, 2.05) is 19.0 Å². The predicted molar refractivity (Wildman–Crippen MR) is 88.9 cm³/mol. The topological polar surface area (TPSA) is 32.3 Å². The van der Waals surface area contributed by atoms with Gasteiger partial charge in [0.05, 0.1) is 0 Å². The van der Waals surface area contributed by atoms with Crippen molar-refractivity contribution in [3.63, 3.8) is 0 Å². The zero-order valence-corrected chi connectivity index (χ0v) is 13.7. The van der Waals surface area contributed by atoms with Gasteiger partial charge in [0.1, 0.15) is 5.01 Å². The molecule has 0 N–H and O–H groups in total. The maximum absolute atomic E-state index is 4.55. The van der Waals surface area contributed by atoms with Crippen molar-refractivity contribution in [1.82, 2.24) is 14.3 Å². The molecule has 5 heteroatoms. The second-order valence-corrected chi connectivity index (χ2v) is 6.59. The minimum atomic E-state index is 0.508. The monoisotopic (exact) mass is 302 g/mol. The van der Waals surface area contributed by atoms with E-state index >= 15 is 0 Å². The van der Waals surface area contributed by atoms with Gasteiger partial charge in [-0.1, -0.05) is 24.3 Å². The summed E-state index contributed by atoms with van der Waals surface area (Å²) < 4.78 is 4.36. The molecule has 0 spiro atoms. The zero-order chi connectivity index (χ0) is 14.8. The highest BCUT2D eigenvalue weighted by atomic mass is 32.1. The van der Waals surface area contributed by atoms with Gasteiger partial charge >= 0.3 is 0 Å². The molecule has 0 amide bonds. The summed E-state index contributed by atoms with van der Waals surface area (Å²) in [7, 11) is 3.93. The fraction of sp³-hybridized carbons (Fsp3) is 0.500. The Morgan fingerprint density at radius 3 is 2.38 bits per heavy atom. The largest absolute Gasteiger partial charge is 0.346 e. The minimum absolute atomic E-state index is 0.508. The van der Waals surface area contributed by atoms with Gasteiger partial charge in [0.2, 0.25) is 5.95 Å². The van der Waals surface area contributed by atoms with Crippen LogP contribution in [0.2, 0.25) is 0 Å². The summed E-state index contributed by atoms with van der Waals surface area (Å²) >= 11 is 1.46. The van der Waals surface area contributed by atoms with Crippen molar-refractivity contribution in [3.8, 4) is 10.6 Å². The number of anilines is 1. The third-order valence-corrected chi connectivity index (χ3v) is 4.90. The Kier molecular flexibility index (Phi) is 4.22. The molecule has 0 saturated carbocycles. The van der Waals surface area contributed by atoms with Gasteiger partial charge in [-0.25, -0.2) is 0 Å². The molecule has 2 aromatic rings. The van der Waals surface area contributed by atoms with Gasteiger partial charge in [0.25, 0.3) is 0 Å². The molecule has 1 aromatic carbocycles. The second-order valence-electron chi connectivity index (χ2n) is 5.84. The Morgan fingerprint density at radius 1 is 1.14 bits per heavy atom. The Hall–Kier alpha value is -1.46. The van der Waals surface area contributed by atoms with Crippen LogP contribution in [0.15, 0.2) is 24.3 Å². The van der Waals surface area contributed by atoms with Gasteiger partial charge in [0.15, 0.2) is 0 Å². The lowest BCUT2D eigenvalue weighted by molar-refractivity contribution is 0.263. The Morgan fingerprint density at radius 2 is 1.81 bits per heavy atom. The molecular formula is C16H22N4S. The smallest absolute Gasteiger partial charge is 0.237 e. The summed E-state index contributed by atoms with van der Waals surface area (Å²) in [5.74, 6) is 0.782. The first-order chi connectivity index (χ1) is 10.1. The molecule has 1 aromatic heterocycles. The van der Waals surface area contributed by atoms with E-state index in [0.29, 0.717) is 6.04 Å². The quantitative estimate of drug-likeness (QED) is 0.866. The van der Waals surface area contributed by atoms with E-state index in [-0.39, 0.29) is 0 Å². The van der Waals surface area contributed by atoms with E-state index in [1.54, 1.807) is 0 Å². The first kappa shape index (κ1) is 14.5. The van der Waals surface area contributed by atoms with E-state index in [1.165, 1.54) is 43.0 Å². The number of likely N-dealkylation sites (tertiary alicyclic amines) is 1. The molecule has 1 atom stereocenters. The molecule has 2 heterocycles. The lowest BCUT2D eigenvalue weighted by Crippen LogP contribution is -2.23. The lowest BCUT2D eigenvalue weighted by Gasteiger charge is -2.24. The zero-order valence-electron chi connectivity index (χ0n) is 12.9. The van der Waals surface area contributed by atoms with E-state index in [2.05, 4.69) is 45.4 Å². The summed E-state index contributed by atoms with van der Waals surface area (Å²) in [6, 6.07) is 9.31. The van der Waals surface area contributed by atoms with Gasteiger partial charge in [-0.15, -0.1) is 0 Å². The Bertz CT molecular complexity index is 585. The van der Waals surface area contributed by atoms with Gasteiger partial charge in [-0.2, -0.15) is 9.36 Å². The molecule has 0 bridgehead atoms. The number of rotatable bonds is 4. The van der Waals surface area contributed by atoms with Crippen LogP contribution in [-0.4, -0.2) is 41.4 Å². The molecule has 0 unspecified atom stereocenters. The highest BCUT2D eigenvalue weighted by molar-refractivity contribution is 7.09. The highest BCUT2D eigenvalue weighted by Gasteiger charge is 2.19. The average molecular weight is 302 g/mol. The number of aromatic nitrogens is 2. The minimum Gasteiger partial charge on any atom is -0.346 e. The summed E-state index contributed by atoms with van der Waals surface area (Å²) in [5, 5.41) is 0.985. The van der Waals surface area contributed by atoms with E-state index < -0.39 is 0 Å². The average Bonchev–Trinajstić information content (AvgIpc) is 3.18. The van der Waals surface area contributed by atoms with Crippen LogP contribution < -0.4 is 4.90 Å². The number of benzene rings is 1. The highest BCUT2D eigenvalue weighted by Crippen LogP contribution is 2.28. The van der Waals surface area contributed by atoms with Crippen molar-refractivity contribution in [3.05, 3.63) is 29.8 Å². The fourth-order valence-electron chi connectivity index (χ4n) is 2.76. The molecule has 21 heavy (non-hydrogen) atoms. The van der Waals surface area contributed by atoms with Gasteiger partial charge in [-0.3, -0.25) is 4.90 Å². The van der Waals surface area contributed by atoms with Crippen LogP contribution in [0.1, 0.15) is 31.4 Å². The van der Waals surface area contributed by atoms with Crippen LogP contribution in [0, 0.1) is 0 Å². The van der Waals surface area contributed by atoms with Gasteiger partial charge < -0.3 is 4.90 Å². The standard InChI is InChI=1S/C16H22N4S/c1-12(20-10-4-5-11-20)13-6-8-14(9-7-13)15-17-16(18-21-15)19(2)3/h6-9,12H,4-5,10-11H2,1-3H3/t12-/m0/s1. The fourth-order valence-corrected chi connectivity index (χ4v) is 3.49. The van der Waals surface area contributed by atoms with Crippen molar-refractivity contribution in [2.24, 2.45) is 0 Å². The van der Waals surface area contributed by atoms with E-state index in [4.69, 9.17) is 0 Å². The number of nitrogens with zero attached hydrogens (tertiary/aromatic N) is 4. The molecular weight excluding hydrogens is 280 g/mol. The predicted octanol–water partition coefficient (Wildman–Crippen LogP) is 3.43. The van der Waals surface area contributed by atoms with Crippen LogP contribution >= 0.6 is 11.5 Å². The third kappa shape index (κ3) is 3.09. The normalized spacial score (nSPS) is 17.1. The molecule has 4 nitrogen and oxygen atoms in total. The van der Waals surface area contributed by atoms with Crippen molar-refractivity contribution < 1.29 is 0 Å². The summed E-state index contributed by atoms with van der Waals surface area (Å²) in [6.45, 7) is 4.76. The lowest BCUT2D eigenvalue weighted by atomic mass is 10.1. The second kappa shape index (κ2) is 6.12. The molecule has 3 rings (SSSR count). The van der Waals surface area contributed by atoms with Crippen molar-refractivity contribution >= 4 is 17.5 Å². The van der Waals surface area contributed by atoms with Crippen LogP contribution in [-0.2, 0) is 0 Å². The molecule has 112 valence electrons. The van der Waals surface area contributed by atoms with Crippen LogP contribution in [0.3, 0.4) is 0 Å². The molecule has 1 fully saturated rings. The maximum Gasteiger partial charge on any atom is 0.237 e. The maximum atomic E-state index is 4.55. The molecule has 0 aliphatic carbocycles. The number of hydrogen-bond acceptors (Lipinski definition) is 5. The molecule has 0 radical (unpaired) electrons. The van der Waals surface area contributed by atoms with E-state index in [0.717, 1.165) is 16.5 Å². The van der Waals surface area contributed by atoms with Crippen molar-refractivity contribution in [2.45, 2.75) is 25.8 Å². The first-order valence-electron chi connectivity index (χ1n) is 7.50. The van der Waals surface area contributed by atoms with Gasteiger partial charge in [-0.05, 0) is 50.0 Å². The Balaban J connectivity index is 1.76. The van der Waals surface area contributed by atoms with Crippen molar-refractivity contribution in [1.29, 1.82) is 0 Å². The third-order valence-electron chi connectivity index (χ3n) is 4.14. The van der Waals surface area contributed by atoms with Crippen LogP contribution in [0.25, 0.3) is 10.6 Å². The SMILES string of the molecule is C[C@@H](c1ccc(-c2nc(N(C)C)ns2)cc1)N1CCCC1. The summed E-state index contributed by atoms with van der Waals surface area (Å²) in [5.41, 5.74) is 2.54. The molecule has 1 aliphatic heterocycles. The molecule has 1 saturated heterocycles. The molecule has 1 aliphatic rings. The Labute approximate surface area is 130 Å². The van der Waals surface area contributed by atoms with Crippen molar-refractivity contribution in [2.75, 3.05) is 32.1 Å². The van der Waals surface area contributed by atoms with Crippen LogP contribution in [0.5, 0.6) is 0 Å². The van der Waals surface area contributed by atoms with Gasteiger partial charge in [0, 0.05) is 25.7 Å². The van der Waals surface area contributed by atoms with Crippen LogP contribution in [0.4, 0.5) is 5.95 Å². The summed E-state index contributed by atoms with van der Waals surface area (Å²) in [4.78, 5) is 9.05.